The zero-order chi connectivity index (χ0) is 8.84. The first-order valence-electron chi connectivity index (χ1n) is 4.48. The van der Waals surface area contributed by atoms with Gasteiger partial charge in [-0.25, -0.2) is 0 Å². The molecule has 1 radical (unpaired) electrons. The standard InChI is InChI=1S/C13H9.2ClH.Zr/c1-9-5-6-12-7-10-3-2-4-11(10)8-13(9)12;;;/h2-5,7-8H,1H3;2*1H;/q-1;;;+3/p-2. The summed E-state index contributed by atoms with van der Waals surface area (Å²) in [6.45, 7) is 2.13. The predicted octanol–water partition coefficient (Wildman–Crippen LogP) is -4.61. The number of rotatable bonds is 0. The summed E-state index contributed by atoms with van der Waals surface area (Å²) < 4.78 is 0. The SMILES string of the molecule is CC1=c2cc3c(cc2[C-]=C1)=CC=C3.[Cl-].[Cl-].[Zr+3]. The quantitative estimate of drug-likeness (QED) is 0.421. The van der Waals surface area contributed by atoms with Crippen molar-refractivity contribution in [1.82, 2.24) is 0 Å². The molecule has 0 heterocycles. The van der Waals surface area contributed by atoms with Crippen LogP contribution in [0.3, 0.4) is 0 Å². The molecule has 0 nitrogen and oxygen atoms in total. The number of fused-ring (bicyclic) bond motifs is 2. The van der Waals surface area contributed by atoms with Crippen LogP contribution in [-0.2, 0) is 26.2 Å². The maximum atomic E-state index is 3.27. The minimum Gasteiger partial charge on any atom is -1.00 e. The number of hydrogen-bond acceptors (Lipinski definition) is 0. The first kappa shape index (κ1) is 15.9. The Morgan fingerprint density at radius 2 is 1.88 bits per heavy atom. The normalized spacial score (nSPS) is 12.9. The van der Waals surface area contributed by atoms with Crippen molar-refractivity contribution in [3.05, 3.63) is 51.9 Å². The van der Waals surface area contributed by atoms with Crippen molar-refractivity contribution < 1.29 is 51.0 Å². The number of allylic oxidation sites excluding steroid dienone is 2. The third-order valence-corrected chi connectivity index (χ3v) is 2.64. The summed E-state index contributed by atoms with van der Waals surface area (Å²) in [4.78, 5) is 0. The zero-order valence-corrected chi connectivity index (χ0v) is 12.7. The molecule has 0 fully saturated rings. The van der Waals surface area contributed by atoms with Crippen LogP contribution in [0.25, 0.3) is 17.7 Å². The second-order valence-corrected chi connectivity index (χ2v) is 3.52. The van der Waals surface area contributed by atoms with E-state index in [1.54, 1.807) is 0 Å². The summed E-state index contributed by atoms with van der Waals surface area (Å²) in [6, 6.07) is 4.45. The van der Waals surface area contributed by atoms with Gasteiger partial charge < -0.3 is 24.8 Å². The van der Waals surface area contributed by atoms with Crippen LogP contribution in [-0.4, -0.2) is 0 Å². The minimum atomic E-state index is 0. The Hall–Kier alpha value is -0.0969. The Balaban J connectivity index is 0.000000750. The van der Waals surface area contributed by atoms with Crippen molar-refractivity contribution >= 4 is 17.7 Å². The average Bonchev–Trinajstić information content (AvgIpc) is 2.70. The predicted molar refractivity (Wildman–Crippen MR) is 55.2 cm³/mol. The van der Waals surface area contributed by atoms with Crippen molar-refractivity contribution in [1.29, 1.82) is 0 Å². The smallest absolute Gasteiger partial charge is 1.00 e. The molecular weight excluding hydrogens is 318 g/mol. The van der Waals surface area contributed by atoms with Crippen LogP contribution in [0.5, 0.6) is 0 Å². The van der Waals surface area contributed by atoms with Gasteiger partial charge in [-0.3, -0.25) is 0 Å². The first-order chi connectivity index (χ1) is 6.34. The molecule has 3 rings (SSSR count). The van der Waals surface area contributed by atoms with Crippen molar-refractivity contribution in [3.8, 4) is 0 Å². The average molecular weight is 327 g/mol. The van der Waals surface area contributed by atoms with Crippen LogP contribution >= 0.6 is 0 Å². The van der Waals surface area contributed by atoms with Gasteiger partial charge in [0.1, 0.15) is 0 Å². The molecule has 0 saturated heterocycles. The van der Waals surface area contributed by atoms with Gasteiger partial charge in [0.15, 0.2) is 0 Å². The number of halogens is 2. The van der Waals surface area contributed by atoms with Gasteiger partial charge >= 0.3 is 26.2 Å². The van der Waals surface area contributed by atoms with Gasteiger partial charge in [-0.05, 0) is 5.56 Å². The molecule has 16 heavy (non-hydrogen) atoms. The van der Waals surface area contributed by atoms with Gasteiger partial charge in [-0.1, -0.05) is 36.4 Å². The van der Waals surface area contributed by atoms with E-state index in [4.69, 9.17) is 0 Å². The van der Waals surface area contributed by atoms with E-state index in [1.807, 2.05) is 0 Å². The fourth-order valence-corrected chi connectivity index (χ4v) is 1.89. The molecule has 0 bridgehead atoms. The van der Waals surface area contributed by atoms with E-state index in [0.29, 0.717) is 0 Å². The third kappa shape index (κ3) is 2.42. The maximum Gasteiger partial charge on any atom is 3.00 e. The number of hydrogen-bond donors (Lipinski definition) is 0. The summed E-state index contributed by atoms with van der Waals surface area (Å²) in [7, 11) is 0. The molecule has 0 unspecified atom stereocenters. The summed E-state index contributed by atoms with van der Waals surface area (Å²) >= 11 is 0. The Labute approximate surface area is 127 Å². The molecule has 0 amide bonds. The summed E-state index contributed by atoms with van der Waals surface area (Å²) in [6.07, 6.45) is 11.7. The maximum absolute atomic E-state index is 3.27. The van der Waals surface area contributed by atoms with E-state index in [2.05, 4.69) is 49.4 Å². The second-order valence-electron chi connectivity index (χ2n) is 3.52. The van der Waals surface area contributed by atoms with Crippen molar-refractivity contribution in [2.45, 2.75) is 6.92 Å². The van der Waals surface area contributed by atoms with Crippen LogP contribution in [0, 0.1) is 6.08 Å². The molecule has 0 aliphatic heterocycles. The largest absolute Gasteiger partial charge is 3.00 e. The summed E-state index contributed by atoms with van der Waals surface area (Å²) in [5, 5.41) is 2.65. The van der Waals surface area contributed by atoms with Gasteiger partial charge in [0, 0.05) is 0 Å². The van der Waals surface area contributed by atoms with E-state index >= 15 is 0 Å². The molecule has 2 aliphatic rings. The first-order valence-corrected chi connectivity index (χ1v) is 4.48. The van der Waals surface area contributed by atoms with Crippen LogP contribution < -0.4 is 35.3 Å². The van der Waals surface area contributed by atoms with Crippen LogP contribution in [0.1, 0.15) is 18.1 Å². The Morgan fingerprint density at radius 1 is 1.12 bits per heavy atom. The monoisotopic (exact) mass is 325 g/mol. The van der Waals surface area contributed by atoms with Gasteiger partial charge in [0.05, 0.1) is 0 Å². The molecule has 1 aromatic carbocycles. The molecule has 2 aliphatic carbocycles. The molecule has 79 valence electrons. The Bertz CT molecular complexity index is 568. The van der Waals surface area contributed by atoms with Crippen molar-refractivity contribution in [2.24, 2.45) is 0 Å². The van der Waals surface area contributed by atoms with E-state index in [1.165, 1.54) is 27.1 Å². The molecule has 0 spiro atoms. The minimum absolute atomic E-state index is 0. The summed E-state index contributed by atoms with van der Waals surface area (Å²) in [5.74, 6) is 0. The van der Waals surface area contributed by atoms with Crippen molar-refractivity contribution in [2.75, 3.05) is 0 Å². The fraction of sp³-hybridized carbons (Fsp3) is 0.0769. The van der Waals surface area contributed by atoms with Gasteiger partial charge in [-0.15, -0.1) is 17.4 Å². The molecule has 0 N–H and O–H groups in total. The Morgan fingerprint density at radius 3 is 2.62 bits per heavy atom. The van der Waals surface area contributed by atoms with Crippen LogP contribution in [0.2, 0.25) is 0 Å². The van der Waals surface area contributed by atoms with E-state index < -0.39 is 0 Å². The van der Waals surface area contributed by atoms with E-state index in [0.717, 1.165) is 0 Å². The van der Waals surface area contributed by atoms with Gasteiger partial charge in [0.2, 0.25) is 0 Å². The zero-order valence-electron chi connectivity index (χ0n) is 8.72. The third-order valence-electron chi connectivity index (χ3n) is 2.64. The van der Waals surface area contributed by atoms with Crippen molar-refractivity contribution in [3.63, 3.8) is 0 Å². The van der Waals surface area contributed by atoms with Crippen LogP contribution in [0.4, 0.5) is 0 Å². The van der Waals surface area contributed by atoms with Gasteiger partial charge in [0.25, 0.3) is 0 Å². The molecule has 0 saturated carbocycles. The summed E-state index contributed by atoms with van der Waals surface area (Å²) in [5.41, 5.74) is 3.88. The van der Waals surface area contributed by atoms with Crippen LogP contribution in [0.15, 0.2) is 24.3 Å². The molecular formula is C13H9Cl2Zr. The molecule has 3 heteroatoms. The van der Waals surface area contributed by atoms with E-state index in [-0.39, 0.29) is 51.0 Å². The topological polar surface area (TPSA) is 0 Å². The second kappa shape index (κ2) is 6.00. The van der Waals surface area contributed by atoms with Gasteiger partial charge in [-0.2, -0.15) is 17.2 Å². The number of benzene rings is 1. The van der Waals surface area contributed by atoms with E-state index in [9.17, 15) is 0 Å². The molecule has 1 aromatic rings. The molecule has 0 aromatic heterocycles. The Kier molecular flexibility index (Phi) is 5.97. The fourth-order valence-electron chi connectivity index (χ4n) is 1.89. The molecule has 0 atom stereocenters.